The van der Waals surface area contributed by atoms with Crippen molar-refractivity contribution in [2.24, 2.45) is 0 Å². The van der Waals surface area contributed by atoms with E-state index in [0.717, 1.165) is 22.9 Å². The highest BCUT2D eigenvalue weighted by atomic mass is 32.2. The Hall–Kier alpha value is -3.06. The van der Waals surface area contributed by atoms with Crippen LogP contribution in [0.2, 0.25) is 0 Å². The second-order valence-electron chi connectivity index (χ2n) is 6.21. The van der Waals surface area contributed by atoms with Gasteiger partial charge in [0.25, 0.3) is 0 Å². The van der Waals surface area contributed by atoms with Crippen LogP contribution in [0.3, 0.4) is 0 Å². The Bertz CT molecular complexity index is 1100. The van der Waals surface area contributed by atoms with Gasteiger partial charge in [0, 0.05) is 35.0 Å². The van der Waals surface area contributed by atoms with Gasteiger partial charge in [0.1, 0.15) is 0 Å². The number of benzene rings is 2. The second-order valence-corrected chi connectivity index (χ2v) is 7.16. The van der Waals surface area contributed by atoms with E-state index in [0.29, 0.717) is 11.0 Å². The Balaban J connectivity index is 1.74. The predicted molar refractivity (Wildman–Crippen MR) is 105 cm³/mol. The normalized spacial score (nSPS) is 11.0. The quantitative estimate of drug-likeness (QED) is 0.436. The molecule has 2 aromatic carbocycles. The Labute approximate surface area is 165 Å². The zero-order chi connectivity index (χ0) is 19.5. The molecule has 0 fully saturated rings. The van der Waals surface area contributed by atoms with Gasteiger partial charge in [0.05, 0.1) is 0 Å². The number of pyridine rings is 1. The van der Waals surface area contributed by atoms with Gasteiger partial charge in [0.2, 0.25) is 0 Å². The standard InChI is InChI=1S/C21H16F2N4S/c1-14-5-7-17(8-6-14)27-20(15-9-11-24-12-10-15)25-26-21(27)28-13-16-3-2-4-18(22)19(16)23/h2-12H,13H2,1H3. The summed E-state index contributed by atoms with van der Waals surface area (Å²) < 4.78 is 29.4. The van der Waals surface area contributed by atoms with Crippen molar-refractivity contribution in [2.45, 2.75) is 17.8 Å². The smallest absolute Gasteiger partial charge is 0.196 e. The number of aromatic nitrogens is 4. The first-order chi connectivity index (χ1) is 13.6. The lowest BCUT2D eigenvalue weighted by atomic mass is 10.2. The van der Waals surface area contributed by atoms with Crippen LogP contribution in [-0.2, 0) is 5.75 Å². The zero-order valence-electron chi connectivity index (χ0n) is 15.0. The molecule has 0 saturated carbocycles. The van der Waals surface area contributed by atoms with Crippen LogP contribution in [0.1, 0.15) is 11.1 Å². The molecule has 0 spiro atoms. The highest BCUT2D eigenvalue weighted by molar-refractivity contribution is 7.98. The molecule has 0 unspecified atom stereocenters. The van der Waals surface area contributed by atoms with Gasteiger partial charge in [-0.25, -0.2) is 8.78 Å². The maximum atomic E-state index is 14.0. The summed E-state index contributed by atoms with van der Waals surface area (Å²) in [5.41, 5.74) is 3.18. The van der Waals surface area contributed by atoms with Crippen LogP contribution < -0.4 is 0 Å². The molecule has 0 aliphatic rings. The molecule has 0 radical (unpaired) electrons. The van der Waals surface area contributed by atoms with Crippen molar-refractivity contribution >= 4 is 11.8 Å². The molecular weight excluding hydrogens is 378 g/mol. The molecule has 4 aromatic rings. The van der Waals surface area contributed by atoms with Crippen LogP contribution in [-0.4, -0.2) is 19.7 Å². The number of halogens is 2. The van der Waals surface area contributed by atoms with Gasteiger partial charge in [0.15, 0.2) is 22.6 Å². The largest absolute Gasteiger partial charge is 0.270 e. The first-order valence-corrected chi connectivity index (χ1v) is 9.60. The lowest BCUT2D eigenvalue weighted by Gasteiger charge is -2.11. The van der Waals surface area contributed by atoms with E-state index in [1.165, 1.54) is 17.8 Å². The maximum absolute atomic E-state index is 14.0. The van der Waals surface area contributed by atoms with Gasteiger partial charge in [-0.15, -0.1) is 10.2 Å². The van der Waals surface area contributed by atoms with E-state index in [4.69, 9.17) is 0 Å². The average Bonchev–Trinajstić information content (AvgIpc) is 3.14. The molecule has 0 saturated heterocycles. The summed E-state index contributed by atoms with van der Waals surface area (Å²) in [4.78, 5) is 4.05. The Kier molecular flexibility index (Phi) is 5.16. The third kappa shape index (κ3) is 3.66. The fourth-order valence-electron chi connectivity index (χ4n) is 2.78. The van der Waals surface area contributed by atoms with E-state index in [1.54, 1.807) is 18.5 Å². The van der Waals surface area contributed by atoms with Crippen molar-refractivity contribution in [3.8, 4) is 17.1 Å². The third-order valence-corrected chi connectivity index (χ3v) is 5.23. The van der Waals surface area contributed by atoms with Gasteiger partial charge in [-0.05, 0) is 37.3 Å². The molecule has 28 heavy (non-hydrogen) atoms. The number of rotatable bonds is 5. The van der Waals surface area contributed by atoms with Crippen LogP contribution in [0, 0.1) is 18.6 Å². The fraction of sp³-hybridized carbons (Fsp3) is 0.0952. The molecular formula is C21H16F2N4S. The van der Waals surface area contributed by atoms with Crippen molar-refractivity contribution in [2.75, 3.05) is 0 Å². The zero-order valence-corrected chi connectivity index (χ0v) is 15.8. The van der Waals surface area contributed by atoms with Crippen molar-refractivity contribution in [1.82, 2.24) is 19.7 Å². The summed E-state index contributed by atoms with van der Waals surface area (Å²) in [5.74, 6) is -0.779. The minimum absolute atomic E-state index is 0.240. The summed E-state index contributed by atoms with van der Waals surface area (Å²) in [6, 6.07) is 15.9. The lowest BCUT2D eigenvalue weighted by molar-refractivity contribution is 0.502. The fourth-order valence-corrected chi connectivity index (χ4v) is 3.71. The molecule has 0 N–H and O–H groups in total. The number of aryl methyl sites for hydroxylation is 1. The van der Waals surface area contributed by atoms with E-state index >= 15 is 0 Å². The van der Waals surface area contributed by atoms with E-state index in [1.807, 2.05) is 47.9 Å². The highest BCUT2D eigenvalue weighted by Gasteiger charge is 2.17. The van der Waals surface area contributed by atoms with E-state index < -0.39 is 11.6 Å². The summed E-state index contributed by atoms with van der Waals surface area (Å²) in [6.07, 6.45) is 3.39. The molecule has 4 nitrogen and oxygen atoms in total. The first-order valence-electron chi connectivity index (χ1n) is 8.62. The van der Waals surface area contributed by atoms with Gasteiger partial charge < -0.3 is 0 Å². The van der Waals surface area contributed by atoms with Crippen molar-refractivity contribution < 1.29 is 8.78 Å². The molecule has 140 valence electrons. The predicted octanol–water partition coefficient (Wildman–Crippen LogP) is 5.21. The van der Waals surface area contributed by atoms with Gasteiger partial charge >= 0.3 is 0 Å². The minimum Gasteiger partial charge on any atom is -0.270 e. The van der Waals surface area contributed by atoms with E-state index in [9.17, 15) is 8.78 Å². The summed E-state index contributed by atoms with van der Waals surface area (Å²) >= 11 is 1.30. The van der Waals surface area contributed by atoms with Crippen LogP contribution in [0.4, 0.5) is 8.78 Å². The highest BCUT2D eigenvalue weighted by Crippen LogP contribution is 2.30. The van der Waals surface area contributed by atoms with Crippen LogP contribution >= 0.6 is 11.8 Å². The van der Waals surface area contributed by atoms with Crippen LogP contribution in [0.15, 0.2) is 72.1 Å². The minimum atomic E-state index is -0.851. The summed E-state index contributed by atoms with van der Waals surface area (Å²) in [6.45, 7) is 2.02. The Morgan fingerprint density at radius 3 is 2.43 bits per heavy atom. The molecule has 0 amide bonds. The van der Waals surface area contributed by atoms with Crippen molar-refractivity contribution in [3.05, 3.63) is 89.8 Å². The third-order valence-electron chi connectivity index (χ3n) is 4.25. The summed E-state index contributed by atoms with van der Waals surface area (Å²) in [5, 5.41) is 9.23. The molecule has 7 heteroatoms. The van der Waals surface area contributed by atoms with Gasteiger partial charge in [-0.1, -0.05) is 41.6 Å². The van der Waals surface area contributed by atoms with E-state index in [2.05, 4.69) is 15.2 Å². The molecule has 4 rings (SSSR count). The number of hydrogen-bond donors (Lipinski definition) is 0. The Morgan fingerprint density at radius 2 is 1.68 bits per heavy atom. The van der Waals surface area contributed by atoms with Gasteiger partial charge in [-0.2, -0.15) is 0 Å². The van der Waals surface area contributed by atoms with E-state index in [-0.39, 0.29) is 11.3 Å². The average molecular weight is 394 g/mol. The van der Waals surface area contributed by atoms with Gasteiger partial charge in [-0.3, -0.25) is 9.55 Å². The Morgan fingerprint density at radius 1 is 0.929 bits per heavy atom. The van der Waals surface area contributed by atoms with Crippen molar-refractivity contribution in [3.63, 3.8) is 0 Å². The molecule has 0 atom stereocenters. The second kappa shape index (κ2) is 7.90. The molecule has 2 aromatic heterocycles. The number of nitrogens with zero attached hydrogens (tertiary/aromatic N) is 4. The first kappa shape index (κ1) is 18.3. The summed E-state index contributed by atoms with van der Waals surface area (Å²) in [7, 11) is 0. The number of thioether (sulfide) groups is 1. The van der Waals surface area contributed by atoms with Crippen molar-refractivity contribution in [1.29, 1.82) is 0 Å². The maximum Gasteiger partial charge on any atom is 0.196 e. The molecule has 0 aliphatic carbocycles. The monoisotopic (exact) mass is 394 g/mol. The van der Waals surface area contributed by atoms with Crippen LogP contribution in [0.25, 0.3) is 17.1 Å². The topological polar surface area (TPSA) is 43.6 Å². The molecule has 0 aliphatic heterocycles. The number of hydrogen-bond acceptors (Lipinski definition) is 4. The SMILES string of the molecule is Cc1ccc(-n2c(SCc3cccc(F)c3F)nnc2-c2ccncc2)cc1. The molecule has 2 heterocycles. The lowest BCUT2D eigenvalue weighted by Crippen LogP contribution is -2.00. The molecule has 0 bridgehead atoms. The van der Waals surface area contributed by atoms with Crippen LogP contribution in [0.5, 0.6) is 0 Å².